The maximum Gasteiger partial charge on any atom is 0.00970 e. The van der Waals surface area contributed by atoms with Gasteiger partial charge in [0.25, 0.3) is 0 Å². The van der Waals surface area contributed by atoms with Gasteiger partial charge >= 0.3 is 0 Å². The molecule has 0 rings (SSSR count). The van der Waals surface area contributed by atoms with Crippen LogP contribution in [-0.4, -0.2) is 5.54 Å². The number of hydrogen-bond acceptors (Lipinski definition) is 1. The SMILES string of the molecule is Br.CCCCCCCCCCCCCC(C)(C)N. The smallest absolute Gasteiger partial charge is 0.00970 e. The molecule has 0 unspecified atom stereocenters. The van der Waals surface area contributed by atoms with Gasteiger partial charge in [0.05, 0.1) is 0 Å². The Bertz CT molecular complexity index is 152. The van der Waals surface area contributed by atoms with Crippen LogP contribution in [-0.2, 0) is 0 Å². The van der Waals surface area contributed by atoms with Gasteiger partial charge in [0, 0.05) is 5.54 Å². The molecule has 0 aromatic heterocycles. The molecule has 0 saturated heterocycles. The number of unbranched alkanes of at least 4 members (excludes halogenated alkanes) is 10. The summed E-state index contributed by atoms with van der Waals surface area (Å²) in [6.07, 6.45) is 16.7. The molecule has 0 amide bonds. The van der Waals surface area contributed by atoms with Crippen molar-refractivity contribution in [3.05, 3.63) is 0 Å². The van der Waals surface area contributed by atoms with E-state index in [4.69, 9.17) is 5.73 Å². The molecule has 0 aromatic rings. The molecule has 0 radical (unpaired) electrons. The monoisotopic (exact) mass is 321 g/mol. The van der Waals surface area contributed by atoms with Crippen molar-refractivity contribution in [2.45, 2.75) is 103 Å². The first-order valence-corrected chi connectivity index (χ1v) is 7.85. The van der Waals surface area contributed by atoms with Gasteiger partial charge < -0.3 is 5.73 Å². The summed E-state index contributed by atoms with van der Waals surface area (Å²) in [7, 11) is 0. The van der Waals surface area contributed by atoms with E-state index in [0.717, 1.165) is 0 Å². The number of hydrogen-bond donors (Lipinski definition) is 1. The van der Waals surface area contributed by atoms with Gasteiger partial charge in [-0.25, -0.2) is 0 Å². The van der Waals surface area contributed by atoms with Gasteiger partial charge in [0.2, 0.25) is 0 Å². The number of nitrogens with two attached hydrogens (primary N) is 1. The molecule has 0 aliphatic rings. The van der Waals surface area contributed by atoms with Crippen molar-refractivity contribution < 1.29 is 0 Å². The minimum Gasteiger partial charge on any atom is -0.326 e. The van der Waals surface area contributed by atoms with E-state index in [1.54, 1.807) is 0 Å². The molecule has 18 heavy (non-hydrogen) atoms. The van der Waals surface area contributed by atoms with E-state index in [9.17, 15) is 0 Å². The van der Waals surface area contributed by atoms with Crippen molar-refractivity contribution in [2.24, 2.45) is 5.73 Å². The Morgan fingerprint density at radius 3 is 1.33 bits per heavy atom. The van der Waals surface area contributed by atoms with E-state index in [0.29, 0.717) is 0 Å². The van der Waals surface area contributed by atoms with Crippen LogP contribution in [0.2, 0.25) is 0 Å². The quantitative estimate of drug-likeness (QED) is 0.438. The third-order valence-electron chi connectivity index (χ3n) is 3.42. The summed E-state index contributed by atoms with van der Waals surface area (Å²) >= 11 is 0. The third-order valence-corrected chi connectivity index (χ3v) is 3.42. The van der Waals surface area contributed by atoms with Crippen LogP contribution < -0.4 is 5.73 Å². The van der Waals surface area contributed by atoms with E-state index >= 15 is 0 Å². The molecule has 0 heterocycles. The van der Waals surface area contributed by atoms with Crippen molar-refractivity contribution in [1.29, 1.82) is 0 Å². The highest BCUT2D eigenvalue weighted by Gasteiger charge is 2.08. The summed E-state index contributed by atoms with van der Waals surface area (Å²) in [6, 6.07) is 0. The Hall–Kier alpha value is 0.440. The average molecular weight is 322 g/mol. The molecule has 112 valence electrons. The van der Waals surface area contributed by atoms with Gasteiger partial charge in [0.15, 0.2) is 0 Å². The molecule has 0 aliphatic carbocycles. The number of rotatable bonds is 12. The maximum absolute atomic E-state index is 5.96. The standard InChI is InChI=1S/C16H35N.BrH/c1-4-5-6-7-8-9-10-11-12-13-14-15-16(2,3)17;/h4-15,17H2,1-3H3;1H. The van der Waals surface area contributed by atoms with Crippen LogP contribution in [0.4, 0.5) is 0 Å². The second kappa shape index (κ2) is 13.9. The predicted molar refractivity (Wildman–Crippen MR) is 89.7 cm³/mol. The second-order valence-corrected chi connectivity index (χ2v) is 6.27. The zero-order chi connectivity index (χ0) is 13.0. The van der Waals surface area contributed by atoms with Crippen LogP contribution in [0.15, 0.2) is 0 Å². The molecule has 2 heteroatoms. The Morgan fingerprint density at radius 1 is 0.667 bits per heavy atom. The van der Waals surface area contributed by atoms with Gasteiger partial charge in [-0.2, -0.15) is 0 Å². The molecule has 0 spiro atoms. The van der Waals surface area contributed by atoms with E-state index in [-0.39, 0.29) is 22.5 Å². The fourth-order valence-corrected chi connectivity index (χ4v) is 2.24. The summed E-state index contributed by atoms with van der Waals surface area (Å²) in [6.45, 7) is 6.54. The number of halogens is 1. The summed E-state index contributed by atoms with van der Waals surface area (Å²) in [5.74, 6) is 0. The van der Waals surface area contributed by atoms with Crippen LogP contribution in [0, 0.1) is 0 Å². The van der Waals surface area contributed by atoms with Gasteiger partial charge in [-0.1, -0.05) is 77.6 Å². The Balaban J connectivity index is 0. The molecule has 2 N–H and O–H groups in total. The highest BCUT2D eigenvalue weighted by molar-refractivity contribution is 8.93. The molecule has 0 aromatic carbocycles. The van der Waals surface area contributed by atoms with E-state index in [2.05, 4.69) is 20.8 Å². The zero-order valence-corrected chi connectivity index (χ0v) is 14.7. The third kappa shape index (κ3) is 18.8. The van der Waals surface area contributed by atoms with Crippen LogP contribution in [0.25, 0.3) is 0 Å². The minimum atomic E-state index is 0. The van der Waals surface area contributed by atoms with Crippen molar-refractivity contribution in [3.8, 4) is 0 Å². The lowest BCUT2D eigenvalue weighted by molar-refractivity contribution is 0.440. The zero-order valence-electron chi connectivity index (χ0n) is 13.0. The lowest BCUT2D eigenvalue weighted by atomic mass is 9.97. The molecular formula is C16H36BrN. The van der Waals surface area contributed by atoms with E-state index < -0.39 is 0 Å². The molecule has 0 aliphatic heterocycles. The lowest BCUT2D eigenvalue weighted by Crippen LogP contribution is -2.31. The van der Waals surface area contributed by atoms with Gasteiger partial charge in [0.1, 0.15) is 0 Å². The first-order valence-electron chi connectivity index (χ1n) is 7.85. The van der Waals surface area contributed by atoms with Crippen LogP contribution >= 0.6 is 17.0 Å². The van der Waals surface area contributed by atoms with E-state index in [1.807, 2.05) is 0 Å². The molecule has 0 fully saturated rings. The highest BCUT2D eigenvalue weighted by Crippen LogP contribution is 2.14. The highest BCUT2D eigenvalue weighted by atomic mass is 79.9. The minimum absolute atomic E-state index is 0. The van der Waals surface area contributed by atoms with E-state index in [1.165, 1.54) is 77.0 Å². The van der Waals surface area contributed by atoms with Gasteiger partial charge in [-0.05, 0) is 20.3 Å². The molecule has 0 saturated carbocycles. The van der Waals surface area contributed by atoms with Gasteiger partial charge in [-0.3, -0.25) is 0 Å². The molecular weight excluding hydrogens is 286 g/mol. The average Bonchev–Trinajstić information content (AvgIpc) is 2.24. The Kier molecular flexibility index (Phi) is 16.0. The van der Waals surface area contributed by atoms with Crippen molar-refractivity contribution in [2.75, 3.05) is 0 Å². The summed E-state index contributed by atoms with van der Waals surface area (Å²) in [5, 5.41) is 0. The Morgan fingerprint density at radius 2 is 1.00 bits per heavy atom. The topological polar surface area (TPSA) is 26.0 Å². The van der Waals surface area contributed by atoms with Crippen molar-refractivity contribution in [1.82, 2.24) is 0 Å². The van der Waals surface area contributed by atoms with Crippen LogP contribution in [0.3, 0.4) is 0 Å². The maximum atomic E-state index is 5.96. The fraction of sp³-hybridized carbons (Fsp3) is 1.00. The molecule has 1 nitrogen and oxygen atoms in total. The normalized spacial score (nSPS) is 11.3. The lowest BCUT2D eigenvalue weighted by Gasteiger charge is -2.17. The molecule has 0 atom stereocenters. The second-order valence-electron chi connectivity index (χ2n) is 6.27. The van der Waals surface area contributed by atoms with Crippen LogP contribution in [0.1, 0.15) is 97.8 Å². The summed E-state index contributed by atoms with van der Waals surface area (Å²) < 4.78 is 0. The molecule has 0 bridgehead atoms. The first-order chi connectivity index (χ1) is 8.06. The Labute approximate surface area is 126 Å². The van der Waals surface area contributed by atoms with Crippen LogP contribution in [0.5, 0.6) is 0 Å². The predicted octanol–water partition coefficient (Wildman–Crippen LogP) is 6.00. The summed E-state index contributed by atoms with van der Waals surface area (Å²) in [4.78, 5) is 0. The van der Waals surface area contributed by atoms with Crippen molar-refractivity contribution in [3.63, 3.8) is 0 Å². The fourth-order valence-electron chi connectivity index (χ4n) is 2.24. The summed E-state index contributed by atoms with van der Waals surface area (Å²) in [5.41, 5.74) is 6.00. The van der Waals surface area contributed by atoms with Crippen molar-refractivity contribution >= 4 is 17.0 Å². The first kappa shape index (κ1) is 20.8. The largest absolute Gasteiger partial charge is 0.326 e. The van der Waals surface area contributed by atoms with Gasteiger partial charge in [-0.15, -0.1) is 17.0 Å².